The number of hydrogen-bond acceptors (Lipinski definition) is 3. The fourth-order valence-electron chi connectivity index (χ4n) is 0.775. The van der Waals surface area contributed by atoms with Gasteiger partial charge < -0.3 is 4.74 Å². The van der Waals surface area contributed by atoms with Crippen LogP contribution in [-0.2, 0) is 9.53 Å². The number of carbonyl (C=O) groups is 1. The molecule has 3 nitrogen and oxygen atoms in total. The maximum atomic E-state index is 10.6. The van der Waals surface area contributed by atoms with E-state index >= 15 is 0 Å². The summed E-state index contributed by atoms with van der Waals surface area (Å²) in [6.07, 6.45) is 6.44. The number of rotatable bonds is 5. The van der Waals surface area contributed by atoms with Crippen molar-refractivity contribution >= 4 is 12.2 Å². The van der Waals surface area contributed by atoms with Gasteiger partial charge in [-0.2, -0.15) is 0 Å². The van der Waals surface area contributed by atoms with E-state index in [0.29, 0.717) is 12.5 Å². The maximum Gasteiger partial charge on any atom is 0.348 e. The fraction of sp³-hybridized carbons (Fsp3) is 0.600. The first-order valence-corrected chi connectivity index (χ1v) is 4.45. The van der Waals surface area contributed by atoms with Gasteiger partial charge in [-0.15, -0.1) is 0 Å². The molecule has 0 aromatic rings. The molecule has 13 heavy (non-hydrogen) atoms. The Hall–Kier alpha value is -1.12. The Morgan fingerprint density at radius 2 is 2.31 bits per heavy atom. The number of methoxy groups -OCH3 is 1. The predicted octanol–water partition coefficient (Wildman–Crippen LogP) is 1.83. The molecule has 3 heteroatoms. The van der Waals surface area contributed by atoms with Crippen LogP contribution >= 0.6 is 0 Å². The normalized spacial score (nSPS) is 13.8. The molecule has 0 saturated heterocycles. The number of allylic oxidation sites excluding steroid dienone is 1. The van der Waals surface area contributed by atoms with E-state index in [4.69, 9.17) is 0 Å². The Labute approximate surface area is 79.5 Å². The van der Waals surface area contributed by atoms with Crippen LogP contribution in [0.4, 0.5) is 0 Å². The molecule has 0 N–H and O–H groups in total. The summed E-state index contributed by atoms with van der Waals surface area (Å²) < 4.78 is 4.41. The molecule has 0 fully saturated rings. The van der Waals surface area contributed by atoms with Crippen molar-refractivity contribution in [2.45, 2.75) is 20.3 Å². The van der Waals surface area contributed by atoms with Crippen LogP contribution in [0.25, 0.3) is 0 Å². The lowest BCUT2D eigenvalue weighted by atomic mass is 10.1. The molecule has 0 bridgehead atoms. The second-order valence-electron chi connectivity index (χ2n) is 2.83. The van der Waals surface area contributed by atoms with Crippen LogP contribution in [0.5, 0.6) is 0 Å². The standard InChI is InChI=1S/C10H17NO2/c1-4-5-6-9(2)7-11-8-10(12)13-3/h5-6,8-9H,4,7H2,1-3H3/b6-5+,11-8?. The molecule has 0 rings (SSSR count). The topological polar surface area (TPSA) is 38.7 Å². The van der Waals surface area contributed by atoms with Gasteiger partial charge in [0.1, 0.15) is 6.21 Å². The smallest absolute Gasteiger partial charge is 0.348 e. The molecule has 0 amide bonds. The van der Waals surface area contributed by atoms with E-state index in [2.05, 4.69) is 35.7 Å². The summed E-state index contributed by atoms with van der Waals surface area (Å²) in [5.74, 6) is -0.0208. The van der Waals surface area contributed by atoms with Gasteiger partial charge in [-0.05, 0) is 12.3 Å². The van der Waals surface area contributed by atoms with E-state index in [-0.39, 0.29) is 0 Å². The van der Waals surface area contributed by atoms with Crippen molar-refractivity contribution in [3.05, 3.63) is 12.2 Å². The Bertz CT molecular complexity index is 197. The summed E-state index contributed by atoms with van der Waals surface area (Å²) in [5.41, 5.74) is 0. The number of ether oxygens (including phenoxy) is 1. The number of esters is 1. The van der Waals surface area contributed by atoms with Gasteiger partial charge >= 0.3 is 5.97 Å². The van der Waals surface area contributed by atoms with Crippen LogP contribution in [0.15, 0.2) is 17.1 Å². The van der Waals surface area contributed by atoms with Crippen molar-refractivity contribution in [3.63, 3.8) is 0 Å². The first-order valence-electron chi connectivity index (χ1n) is 4.45. The zero-order valence-corrected chi connectivity index (χ0v) is 8.49. The Kier molecular flexibility index (Phi) is 6.88. The predicted molar refractivity (Wildman–Crippen MR) is 54.0 cm³/mol. The molecule has 1 atom stereocenters. The van der Waals surface area contributed by atoms with Crippen LogP contribution in [0.2, 0.25) is 0 Å². The highest BCUT2D eigenvalue weighted by Crippen LogP contribution is 1.98. The third-order valence-electron chi connectivity index (χ3n) is 1.49. The van der Waals surface area contributed by atoms with E-state index in [1.165, 1.54) is 13.3 Å². The maximum absolute atomic E-state index is 10.6. The summed E-state index contributed by atoms with van der Waals surface area (Å²) in [5, 5.41) is 0. The molecule has 0 heterocycles. The lowest BCUT2D eigenvalue weighted by molar-refractivity contribution is -0.132. The summed E-state index contributed by atoms with van der Waals surface area (Å²) in [4.78, 5) is 14.6. The molecule has 0 aliphatic carbocycles. The molecular formula is C10H17NO2. The minimum absolute atomic E-state index is 0.376. The number of aliphatic imine (C=N–C) groups is 1. The zero-order chi connectivity index (χ0) is 10.1. The van der Waals surface area contributed by atoms with Gasteiger partial charge in [-0.1, -0.05) is 26.0 Å². The van der Waals surface area contributed by atoms with E-state index in [9.17, 15) is 4.79 Å². The van der Waals surface area contributed by atoms with Gasteiger partial charge in [0.15, 0.2) is 0 Å². The van der Waals surface area contributed by atoms with Crippen LogP contribution < -0.4 is 0 Å². The van der Waals surface area contributed by atoms with Crippen LogP contribution in [0.1, 0.15) is 20.3 Å². The molecular weight excluding hydrogens is 166 g/mol. The van der Waals surface area contributed by atoms with Crippen molar-refractivity contribution in [3.8, 4) is 0 Å². The third-order valence-corrected chi connectivity index (χ3v) is 1.49. The molecule has 0 aromatic carbocycles. The molecule has 74 valence electrons. The Morgan fingerprint density at radius 1 is 1.62 bits per heavy atom. The minimum Gasteiger partial charge on any atom is -0.465 e. The van der Waals surface area contributed by atoms with Crippen molar-refractivity contribution in [1.82, 2.24) is 0 Å². The van der Waals surface area contributed by atoms with Gasteiger partial charge in [0.2, 0.25) is 0 Å². The highest BCUT2D eigenvalue weighted by Gasteiger charge is 1.95. The molecule has 0 aliphatic heterocycles. The van der Waals surface area contributed by atoms with Crippen molar-refractivity contribution in [2.75, 3.05) is 13.7 Å². The first-order chi connectivity index (χ1) is 6.20. The van der Waals surface area contributed by atoms with Crippen molar-refractivity contribution in [1.29, 1.82) is 0 Å². The molecule has 0 aromatic heterocycles. The lowest BCUT2D eigenvalue weighted by Gasteiger charge is -1.99. The van der Waals surface area contributed by atoms with E-state index in [1.807, 2.05) is 0 Å². The number of carbonyl (C=O) groups excluding carboxylic acids is 1. The van der Waals surface area contributed by atoms with E-state index in [1.54, 1.807) is 0 Å². The SMILES string of the molecule is CC/C=C/C(C)CN=CC(=O)OC. The third kappa shape index (κ3) is 7.25. The number of hydrogen-bond donors (Lipinski definition) is 0. The highest BCUT2D eigenvalue weighted by atomic mass is 16.5. The first kappa shape index (κ1) is 11.9. The zero-order valence-electron chi connectivity index (χ0n) is 8.49. The summed E-state index contributed by atoms with van der Waals surface area (Å²) in [7, 11) is 1.34. The van der Waals surface area contributed by atoms with Gasteiger partial charge in [-0.3, -0.25) is 4.99 Å². The molecule has 0 saturated carbocycles. The second-order valence-corrected chi connectivity index (χ2v) is 2.83. The molecule has 0 aliphatic rings. The summed E-state index contributed by atoms with van der Waals surface area (Å²) in [6, 6.07) is 0. The van der Waals surface area contributed by atoms with Crippen molar-refractivity contribution in [2.24, 2.45) is 10.9 Å². The van der Waals surface area contributed by atoms with Crippen molar-refractivity contribution < 1.29 is 9.53 Å². The summed E-state index contributed by atoms with van der Waals surface area (Å²) in [6.45, 7) is 4.77. The van der Waals surface area contributed by atoms with Gasteiger partial charge in [0.05, 0.1) is 7.11 Å². The number of nitrogens with zero attached hydrogens (tertiary/aromatic N) is 1. The molecule has 0 radical (unpaired) electrons. The van der Waals surface area contributed by atoms with Gasteiger partial charge in [-0.25, -0.2) is 4.79 Å². The lowest BCUT2D eigenvalue weighted by Crippen LogP contribution is -2.03. The van der Waals surface area contributed by atoms with E-state index < -0.39 is 5.97 Å². The summed E-state index contributed by atoms with van der Waals surface area (Å²) >= 11 is 0. The van der Waals surface area contributed by atoms with Gasteiger partial charge in [0, 0.05) is 6.54 Å². The van der Waals surface area contributed by atoms with Gasteiger partial charge in [0.25, 0.3) is 0 Å². The Balaban J connectivity index is 3.68. The van der Waals surface area contributed by atoms with Crippen LogP contribution in [0, 0.1) is 5.92 Å². The average molecular weight is 183 g/mol. The molecule has 1 unspecified atom stereocenters. The fourth-order valence-corrected chi connectivity index (χ4v) is 0.775. The largest absolute Gasteiger partial charge is 0.465 e. The quantitative estimate of drug-likeness (QED) is 0.370. The average Bonchev–Trinajstić information content (AvgIpc) is 2.14. The molecule has 0 spiro atoms. The minimum atomic E-state index is -0.397. The Morgan fingerprint density at radius 3 is 2.85 bits per heavy atom. The van der Waals surface area contributed by atoms with Crippen LogP contribution in [0.3, 0.4) is 0 Å². The highest BCUT2D eigenvalue weighted by molar-refractivity contribution is 6.23. The monoisotopic (exact) mass is 183 g/mol. The second kappa shape index (κ2) is 7.53. The van der Waals surface area contributed by atoms with Crippen LogP contribution in [-0.4, -0.2) is 25.8 Å². The van der Waals surface area contributed by atoms with E-state index in [0.717, 1.165) is 6.42 Å².